The van der Waals surface area contributed by atoms with Gasteiger partial charge in [0.05, 0.1) is 0 Å². The number of hydrogen-bond donors (Lipinski definition) is 2. The summed E-state index contributed by atoms with van der Waals surface area (Å²) in [6.45, 7) is 6.21. The first kappa shape index (κ1) is 21.0. The molecular weight excluding hydrogens is 354 g/mol. The Balaban J connectivity index is 1.80. The van der Waals surface area contributed by atoms with Gasteiger partial charge in [-0.3, -0.25) is 9.59 Å². The fourth-order valence-electron chi connectivity index (χ4n) is 2.74. The first-order valence-electron chi connectivity index (χ1n) is 9.27. The second-order valence-corrected chi connectivity index (χ2v) is 6.31. The third-order valence-corrected chi connectivity index (χ3v) is 4.21. The molecule has 0 aromatic heterocycles. The first-order valence-corrected chi connectivity index (χ1v) is 9.27. The molecule has 0 saturated heterocycles. The number of primary amides is 1. The molecule has 28 heavy (non-hydrogen) atoms. The highest BCUT2D eigenvalue weighted by molar-refractivity contribution is 5.91. The predicted octanol–water partition coefficient (Wildman–Crippen LogP) is 2.52. The summed E-state index contributed by atoms with van der Waals surface area (Å²) in [5, 5.41) is 2.91. The van der Waals surface area contributed by atoms with Gasteiger partial charge in [0.1, 0.15) is 5.75 Å². The molecule has 0 saturated carbocycles. The molecule has 0 unspecified atom stereocenters. The Morgan fingerprint density at radius 2 is 1.86 bits per heavy atom. The highest BCUT2D eigenvalue weighted by Gasteiger charge is 2.06. The molecule has 0 bridgehead atoms. The number of amides is 2. The van der Waals surface area contributed by atoms with Gasteiger partial charge in [0.2, 0.25) is 5.91 Å². The second-order valence-electron chi connectivity index (χ2n) is 6.31. The summed E-state index contributed by atoms with van der Waals surface area (Å²) in [5.74, 6) is -0.115. The molecular formula is C22H27N3O3. The molecule has 0 atom stereocenters. The van der Waals surface area contributed by atoms with Gasteiger partial charge < -0.3 is 20.7 Å². The molecule has 2 rings (SSSR count). The topological polar surface area (TPSA) is 84.7 Å². The fourth-order valence-corrected chi connectivity index (χ4v) is 2.74. The Bertz CT molecular complexity index is 816. The maximum atomic E-state index is 12.0. The maximum absolute atomic E-state index is 12.0. The minimum atomic E-state index is -0.523. The van der Waals surface area contributed by atoms with E-state index in [-0.39, 0.29) is 12.5 Å². The number of benzene rings is 2. The highest BCUT2D eigenvalue weighted by atomic mass is 16.5. The number of nitrogens with zero attached hydrogens (tertiary/aromatic N) is 1. The second kappa shape index (κ2) is 10.8. The van der Waals surface area contributed by atoms with Crippen molar-refractivity contribution in [3.05, 3.63) is 65.7 Å². The number of likely N-dealkylation sites (N-methyl/N-ethyl adjacent to an activating group) is 1. The van der Waals surface area contributed by atoms with Crippen LogP contribution in [-0.4, -0.2) is 38.1 Å². The Hall–Kier alpha value is -3.28. The van der Waals surface area contributed by atoms with Crippen LogP contribution in [0.3, 0.4) is 0 Å². The van der Waals surface area contributed by atoms with E-state index in [2.05, 4.69) is 36.2 Å². The van der Waals surface area contributed by atoms with Gasteiger partial charge in [0.15, 0.2) is 6.61 Å². The molecule has 3 N–H and O–H groups in total. The lowest BCUT2D eigenvalue weighted by atomic mass is 10.2. The van der Waals surface area contributed by atoms with Gasteiger partial charge in [-0.1, -0.05) is 30.3 Å². The van der Waals surface area contributed by atoms with Gasteiger partial charge in [-0.2, -0.15) is 0 Å². The van der Waals surface area contributed by atoms with E-state index in [0.29, 0.717) is 12.3 Å². The number of carbonyl (C=O) groups is 2. The number of nitrogens with one attached hydrogen (secondary N) is 1. The van der Waals surface area contributed by atoms with E-state index in [1.807, 2.05) is 12.1 Å². The monoisotopic (exact) mass is 381 g/mol. The maximum Gasteiger partial charge on any atom is 0.255 e. The van der Waals surface area contributed by atoms with Crippen molar-refractivity contribution in [1.82, 2.24) is 5.32 Å². The van der Waals surface area contributed by atoms with Crippen molar-refractivity contribution in [3.63, 3.8) is 0 Å². The summed E-state index contributed by atoms with van der Waals surface area (Å²) in [4.78, 5) is 25.0. The van der Waals surface area contributed by atoms with Crippen molar-refractivity contribution in [3.8, 4) is 5.75 Å². The number of rotatable bonds is 10. The molecule has 0 spiro atoms. The molecule has 0 aliphatic heterocycles. The van der Waals surface area contributed by atoms with Crippen molar-refractivity contribution in [2.24, 2.45) is 5.73 Å². The lowest BCUT2D eigenvalue weighted by molar-refractivity contribution is -0.120. The van der Waals surface area contributed by atoms with Gasteiger partial charge >= 0.3 is 0 Å². The largest absolute Gasteiger partial charge is 0.484 e. The van der Waals surface area contributed by atoms with Crippen LogP contribution in [0.4, 0.5) is 5.69 Å². The molecule has 2 aromatic carbocycles. The van der Waals surface area contributed by atoms with Crippen LogP contribution in [0.5, 0.6) is 5.75 Å². The third-order valence-electron chi connectivity index (χ3n) is 4.21. The van der Waals surface area contributed by atoms with Crippen LogP contribution in [0.2, 0.25) is 0 Å². The van der Waals surface area contributed by atoms with E-state index in [9.17, 15) is 9.59 Å². The van der Waals surface area contributed by atoms with Gasteiger partial charge in [-0.05, 0) is 49.2 Å². The molecule has 0 heterocycles. The molecule has 2 aromatic rings. The Morgan fingerprint density at radius 3 is 2.50 bits per heavy atom. The zero-order chi connectivity index (χ0) is 20.4. The summed E-state index contributed by atoms with van der Waals surface area (Å²) >= 11 is 0. The van der Waals surface area contributed by atoms with E-state index >= 15 is 0 Å². The van der Waals surface area contributed by atoms with E-state index in [1.54, 1.807) is 30.3 Å². The average Bonchev–Trinajstić information content (AvgIpc) is 2.69. The van der Waals surface area contributed by atoms with Crippen molar-refractivity contribution >= 4 is 23.6 Å². The number of aryl methyl sites for hydroxylation is 1. The van der Waals surface area contributed by atoms with Crippen LogP contribution in [0.1, 0.15) is 18.1 Å². The third kappa shape index (κ3) is 6.79. The minimum absolute atomic E-state index is 0.144. The van der Waals surface area contributed by atoms with Gasteiger partial charge in [-0.25, -0.2) is 0 Å². The number of ether oxygens (including phenoxy) is 1. The van der Waals surface area contributed by atoms with E-state index < -0.39 is 5.91 Å². The molecule has 6 nitrogen and oxygen atoms in total. The number of carbonyl (C=O) groups excluding carboxylic acids is 2. The number of para-hydroxylation sites is 1. The molecule has 0 aliphatic rings. The van der Waals surface area contributed by atoms with Crippen LogP contribution < -0.4 is 20.7 Å². The fraction of sp³-hybridized carbons (Fsp3) is 0.273. The van der Waals surface area contributed by atoms with Crippen LogP contribution in [0.25, 0.3) is 6.08 Å². The Labute approximate surface area is 166 Å². The van der Waals surface area contributed by atoms with Crippen LogP contribution in [0.15, 0.2) is 54.6 Å². The minimum Gasteiger partial charge on any atom is -0.484 e. The van der Waals surface area contributed by atoms with Crippen molar-refractivity contribution in [2.45, 2.75) is 13.8 Å². The summed E-state index contributed by atoms with van der Waals surface area (Å²) in [6.07, 6.45) is 3.23. The zero-order valence-electron chi connectivity index (χ0n) is 16.4. The molecule has 0 aliphatic carbocycles. The van der Waals surface area contributed by atoms with Gasteiger partial charge in [-0.15, -0.1) is 0 Å². The molecule has 6 heteroatoms. The lowest BCUT2D eigenvalue weighted by Crippen LogP contribution is -2.34. The summed E-state index contributed by atoms with van der Waals surface area (Å²) in [5.41, 5.74) is 8.30. The van der Waals surface area contributed by atoms with Crippen molar-refractivity contribution in [2.75, 3.05) is 31.1 Å². The molecule has 2 amide bonds. The highest BCUT2D eigenvalue weighted by Crippen LogP contribution is 2.18. The van der Waals surface area contributed by atoms with E-state index in [4.69, 9.17) is 10.5 Å². The van der Waals surface area contributed by atoms with Crippen LogP contribution in [0, 0.1) is 6.92 Å². The summed E-state index contributed by atoms with van der Waals surface area (Å²) in [7, 11) is 0. The SMILES string of the molecule is CCN(CCNC(=O)C=Cc1ccc(OCC(N)=O)cc1)c1ccccc1C. The normalized spacial score (nSPS) is 10.6. The molecule has 0 fully saturated rings. The van der Waals surface area contributed by atoms with Crippen molar-refractivity contribution < 1.29 is 14.3 Å². The first-order chi connectivity index (χ1) is 13.5. The van der Waals surface area contributed by atoms with Crippen LogP contribution >= 0.6 is 0 Å². The molecule has 0 radical (unpaired) electrons. The predicted molar refractivity (Wildman–Crippen MR) is 112 cm³/mol. The quantitative estimate of drug-likeness (QED) is 0.620. The number of nitrogens with two attached hydrogens (primary N) is 1. The summed E-state index contributed by atoms with van der Waals surface area (Å²) in [6, 6.07) is 15.3. The Morgan fingerprint density at radius 1 is 1.14 bits per heavy atom. The van der Waals surface area contributed by atoms with E-state index in [0.717, 1.165) is 18.7 Å². The Kier molecular flexibility index (Phi) is 8.09. The lowest BCUT2D eigenvalue weighted by Gasteiger charge is -2.24. The summed E-state index contributed by atoms with van der Waals surface area (Å²) < 4.78 is 5.20. The zero-order valence-corrected chi connectivity index (χ0v) is 16.4. The van der Waals surface area contributed by atoms with Crippen molar-refractivity contribution in [1.29, 1.82) is 0 Å². The molecule has 148 valence electrons. The van der Waals surface area contributed by atoms with Gasteiger partial charge in [0.25, 0.3) is 5.91 Å². The standard InChI is InChI=1S/C22H27N3O3/c1-3-25(20-7-5-4-6-17(20)2)15-14-24-22(27)13-10-18-8-11-19(12-9-18)28-16-21(23)26/h4-13H,3,14-16H2,1-2H3,(H2,23,26)(H,24,27). The number of anilines is 1. The smallest absolute Gasteiger partial charge is 0.255 e. The average molecular weight is 381 g/mol. The number of hydrogen-bond acceptors (Lipinski definition) is 4. The van der Waals surface area contributed by atoms with Crippen LogP contribution in [-0.2, 0) is 9.59 Å². The van der Waals surface area contributed by atoms with Gasteiger partial charge in [0, 0.05) is 31.4 Å². The van der Waals surface area contributed by atoms with E-state index in [1.165, 1.54) is 17.3 Å².